The smallest absolute Gasteiger partial charge is 0.409 e. The van der Waals surface area contributed by atoms with Gasteiger partial charge in [-0.3, -0.25) is 0 Å². The number of methoxy groups -OCH3 is 2. The Bertz CT molecular complexity index is 1770. The van der Waals surface area contributed by atoms with Crippen molar-refractivity contribution in [3.05, 3.63) is 101 Å². The quantitative estimate of drug-likeness (QED) is 0.433. The highest BCUT2D eigenvalue weighted by Gasteiger charge is 2.57. The lowest BCUT2D eigenvalue weighted by atomic mass is 9.89. The SMILES string of the molecule is COC(=O)N1CC[C@@]2(N)c3ccccc3C[C@@H]12.COC(=O)N1CC[C@@]2(NS(=O)(=O)Oc3c(F)cccc3F)c3ccccc3C[C@@H]12. The van der Waals surface area contributed by atoms with Gasteiger partial charge in [-0.05, 0) is 60.1 Å². The molecule has 3 aromatic rings. The van der Waals surface area contributed by atoms with Gasteiger partial charge >= 0.3 is 22.5 Å². The second kappa shape index (κ2) is 11.8. The zero-order chi connectivity index (χ0) is 32.9. The maximum Gasteiger partial charge on any atom is 0.409 e. The van der Waals surface area contributed by atoms with Gasteiger partial charge in [-0.15, -0.1) is 0 Å². The summed E-state index contributed by atoms with van der Waals surface area (Å²) in [4.78, 5) is 27.1. The van der Waals surface area contributed by atoms with E-state index in [0.717, 1.165) is 36.6 Å². The molecule has 0 unspecified atom stereocenters. The Morgan fingerprint density at radius 2 is 1.33 bits per heavy atom. The summed E-state index contributed by atoms with van der Waals surface area (Å²) in [6, 6.07) is 17.8. The Morgan fingerprint density at radius 3 is 1.96 bits per heavy atom. The van der Waals surface area contributed by atoms with Gasteiger partial charge in [-0.2, -0.15) is 13.1 Å². The van der Waals surface area contributed by atoms with Gasteiger partial charge < -0.3 is 29.2 Å². The van der Waals surface area contributed by atoms with Gasteiger partial charge in [0.15, 0.2) is 11.6 Å². The summed E-state index contributed by atoms with van der Waals surface area (Å²) in [7, 11) is -1.97. The molecule has 3 aromatic carbocycles. The number of fused-ring (bicyclic) bond motifs is 6. The Morgan fingerprint density at radius 1 is 0.804 bits per heavy atom. The first-order chi connectivity index (χ1) is 21.9. The Balaban J connectivity index is 0.000000185. The fourth-order valence-electron chi connectivity index (χ4n) is 7.46. The second-order valence-corrected chi connectivity index (χ2v) is 13.1. The van der Waals surface area contributed by atoms with Crippen molar-refractivity contribution in [3.63, 3.8) is 0 Å². The van der Waals surface area contributed by atoms with Crippen LogP contribution in [0.25, 0.3) is 0 Å². The van der Waals surface area contributed by atoms with E-state index in [1.807, 2.05) is 24.3 Å². The van der Waals surface area contributed by atoms with E-state index in [1.165, 1.54) is 30.2 Å². The summed E-state index contributed by atoms with van der Waals surface area (Å²) in [5.74, 6) is -3.29. The molecular formula is C32H34F2N4O7S. The fraction of sp³-hybridized carbons (Fsp3) is 0.375. The number of nitrogens with one attached hydrogen (secondary N) is 1. The molecule has 0 spiro atoms. The predicted octanol–water partition coefficient (Wildman–Crippen LogP) is 3.71. The third-order valence-electron chi connectivity index (χ3n) is 9.51. The molecule has 4 atom stereocenters. The first kappa shape index (κ1) is 31.7. The van der Waals surface area contributed by atoms with Gasteiger partial charge in [0.2, 0.25) is 5.75 Å². The number of carbonyl (C=O) groups excluding carboxylic acids is 2. The van der Waals surface area contributed by atoms with Crippen molar-refractivity contribution in [2.45, 2.75) is 48.8 Å². The van der Waals surface area contributed by atoms with Gasteiger partial charge in [-0.1, -0.05) is 54.6 Å². The van der Waals surface area contributed by atoms with Crippen LogP contribution in [0.4, 0.5) is 18.4 Å². The molecule has 2 amide bonds. The number of ether oxygens (including phenoxy) is 2. The van der Waals surface area contributed by atoms with E-state index in [2.05, 4.69) is 16.9 Å². The van der Waals surface area contributed by atoms with Crippen molar-refractivity contribution < 1.29 is 40.4 Å². The normalized spacial score (nSPS) is 25.5. The molecule has 0 bridgehead atoms. The summed E-state index contributed by atoms with van der Waals surface area (Å²) in [6.45, 7) is 0.935. The Hall–Kier alpha value is -4.27. The minimum Gasteiger partial charge on any atom is -0.453 e. The van der Waals surface area contributed by atoms with Gasteiger partial charge in [0.1, 0.15) is 0 Å². The average molecular weight is 657 g/mol. The van der Waals surface area contributed by atoms with E-state index < -0.39 is 45.4 Å². The predicted molar refractivity (Wildman–Crippen MR) is 162 cm³/mol. The van der Waals surface area contributed by atoms with E-state index >= 15 is 0 Å². The molecule has 2 saturated heterocycles. The Kier molecular flexibility index (Phi) is 8.15. The van der Waals surface area contributed by atoms with Crippen LogP contribution in [0, 0.1) is 11.6 Å². The van der Waals surface area contributed by atoms with Crippen LogP contribution in [-0.2, 0) is 43.7 Å². The number of amides is 2. The third kappa shape index (κ3) is 5.23. The van der Waals surface area contributed by atoms with Crippen molar-refractivity contribution in [2.75, 3.05) is 27.3 Å². The molecule has 0 saturated carbocycles. The highest BCUT2D eigenvalue weighted by atomic mass is 32.2. The minimum absolute atomic E-state index is 0.0485. The molecule has 4 aliphatic rings. The van der Waals surface area contributed by atoms with Gasteiger partial charge in [0.25, 0.3) is 0 Å². The maximum atomic E-state index is 13.9. The van der Waals surface area contributed by atoms with Crippen molar-refractivity contribution >= 4 is 22.5 Å². The highest BCUT2D eigenvalue weighted by molar-refractivity contribution is 7.85. The van der Waals surface area contributed by atoms with Gasteiger partial charge in [-0.25, -0.2) is 18.4 Å². The molecule has 2 heterocycles. The van der Waals surface area contributed by atoms with Crippen molar-refractivity contribution in [3.8, 4) is 5.75 Å². The van der Waals surface area contributed by atoms with Gasteiger partial charge in [0.05, 0.1) is 37.4 Å². The number of likely N-dealkylation sites (tertiary alicyclic amines) is 2. The lowest BCUT2D eigenvalue weighted by molar-refractivity contribution is 0.112. The number of para-hydroxylation sites is 1. The molecule has 0 radical (unpaired) electrons. The van der Waals surface area contributed by atoms with Crippen LogP contribution in [0.15, 0.2) is 66.7 Å². The fourth-order valence-corrected chi connectivity index (χ4v) is 8.67. The van der Waals surface area contributed by atoms with Crippen LogP contribution in [0.1, 0.15) is 35.1 Å². The first-order valence-corrected chi connectivity index (χ1v) is 16.2. The van der Waals surface area contributed by atoms with E-state index in [0.29, 0.717) is 18.5 Å². The molecule has 46 heavy (non-hydrogen) atoms. The molecule has 11 nitrogen and oxygen atoms in total. The standard InChI is InChI=1S/C19H18F2N2O5S.C13H16N2O2/c1-27-18(24)23-10-9-19(13-6-3-2-5-12(13)11-16(19)23)22-29(25,26)28-17-14(20)7-4-8-15(17)21;1-17-12(16)15-7-6-13(14)10-5-3-2-4-9(10)8-11(13)15/h2-8,16,22H,9-11H2,1H3;2-5,11H,6-8,14H2,1H3/t16-,19-;11-,13-/m11/s1. The van der Waals surface area contributed by atoms with Crippen LogP contribution in [0.3, 0.4) is 0 Å². The zero-order valence-corrected chi connectivity index (χ0v) is 26.1. The highest BCUT2D eigenvalue weighted by Crippen LogP contribution is 2.47. The molecule has 14 heteroatoms. The topological polar surface area (TPSA) is 140 Å². The second-order valence-electron chi connectivity index (χ2n) is 11.8. The lowest BCUT2D eigenvalue weighted by Gasteiger charge is -2.32. The van der Waals surface area contributed by atoms with Gasteiger partial charge in [0, 0.05) is 13.1 Å². The van der Waals surface area contributed by atoms with E-state index in [4.69, 9.17) is 19.4 Å². The number of nitrogens with two attached hydrogens (primary N) is 1. The van der Waals surface area contributed by atoms with Crippen molar-refractivity contribution in [1.82, 2.24) is 14.5 Å². The number of carbonyl (C=O) groups is 2. The Labute approximate surface area is 265 Å². The lowest BCUT2D eigenvalue weighted by Crippen LogP contribution is -2.53. The molecule has 0 aromatic heterocycles. The number of nitrogens with zero attached hydrogens (tertiary/aromatic N) is 2. The number of hydrogen-bond donors (Lipinski definition) is 2. The number of halogens is 2. The maximum absolute atomic E-state index is 13.9. The number of benzene rings is 3. The molecule has 2 aliphatic carbocycles. The van der Waals surface area contributed by atoms with Crippen LogP contribution < -0.4 is 14.6 Å². The van der Waals surface area contributed by atoms with E-state index in [9.17, 15) is 26.8 Å². The molecular weight excluding hydrogens is 622 g/mol. The molecule has 244 valence electrons. The van der Waals surface area contributed by atoms with Crippen LogP contribution >= 0.6 is 0 Å². The van der Waals surface area contributed by atoms with Crippen molar-refractivity contribution in [2.24, 2.45) is 5.73 Å². The minimum atomic E-state index is -4.63. The third-order valence-corrected chi connectivity index (χ3v) is 10.5. The molecule has 2 fully saturated rings. The number of rotatable bonds is 4. The van der Waals surface area contributed by atoms with Crippen molar-refractivity contribution in [1.29, 1.82) is 0 Å². The van der Waals surface area contributed by atoms with Crippen LogP contribution in [-0.4, -0.2) is 69.8 Å². The molecule has 2 aliphatic heterocycles. The average Bonchev–Trinajstić information content (AvgIpc) is 3.74. The summed E-state index contributed by atoms with van der Waals surface area (Å²) in [5, 5.41) is 0. The number of hydrogen-bond acceptors (Lipinski definition) is 8. The summed E-state index contributed by atoms with van der Waals surface area (Å²) < 4.78 is 70.1. The van der Waals surface area contributed by atoms with Crippen LogP contribution in [0.5, 0.6) is 5.75 Å². The summed E-state index contributed by atoms with van der Waals surface area (Å²) >= 11 is 0. The first-order valence-electron chi connectivity index (χ1n) is 14.8. The molecule has 3 N–H and O–H groups in total. The largest absolute Gasteiger partial charge is 0.453 e. The summed E-state index contributed by atoms with van der Waals surface area (Å²) in [5.41, 5.74) is 8.94. The monoisotopic (exact) mass is 656 g/mol. The molecule has 7 rings (SSSR count). The van der Waals surface area contributed by atoms with E-state index in [-0.39, 0.29) is 30.6 Å². The van der Waals surface area contributed by atoms with E-state index in [1.54, 1.807) is 17.0 Å². The summed E-state index contributed by atoms with van der Waals surface area (Å²) in [6.07, 6.45) is 1.46. The van der Waals surface area contributed by atoms with Crippen LogP contribution in [0.2, 0.25) is 0 Å². The zero-order valence-electron chi connectivity index (χ0n) is 25.2.